The summed E-state index contributed by atoms with van der Waals surface area (Å²) < 4.78 is 14.6. The third-order valence-electron chi connectivity index (χ3n) is 2.18. The van der Waals surface area contributed by atoms with Crippen LogP contribution in [0, 0.1) is 0 Å². The molecule has 0 amide bonds. The monoisotopic (exact) mass is 318 g/mol. The Labute approximate surface area is 129 Å². The lowest BCUT2D eigenvalue weighted by Crippen LogP contribution is -2.19. The molecule has 0 bridgehead atoms. The van der Waals surface area contributed by atoms with E-state index in [9.17, 15) is 14.4 Å². The molecular weight excluding hydrogens is 296 g/mol. The summed E-state index contributed by atoms with van der Waals surface area (Å²) in [6.07, 6.45) is 0.779. The van der Waals surface area contributed by atoms with Gasteiger partial charge >= 0.3 is 17.9 Å². The van der Waals surface area contributed by atoms with Gasteiger partial charge in [0.05, 0.1) is 12.8 Å². The average molecular weight is 318 g/mol. The molecule has 0 heterocycles. The molecule has 0 aromatic rings. The minimum absolute atomic E-state index is 0.0214. The summed E-state index contributed by atoms with van der Waals surface area (Å²) in [5, 5.41) is 0. The van der Waals surface area contributed by atoms with Crippen LogP contribution in [0.2, 0.25) is 0 Å². The van der Waals surface area contributed by atoms with Crippen molar-refractivity contribution < 1.29 is 28.6 Å². The zero-order valence-electron chi connectivity index (χ0n) is 12.5. The number of esters is 3. The highest BCUT2D eigenvalue weighted by molar-refractivity contribution is 7.99. The first kappa shape index (κ1) is 19.5. The minimum atomic E-state index is -0.575. The molecule has 0 rings (SSSR count). The number of carbonyl (C=O) groups excluding carboxylic acids is 3. The summed E-state index contributed by atoms with van der Waals surface area (Å²) in [5.74, 6) is 0.173. The van der Waals surface area contributed by atoms with E-state index in [4.69, 9.17) is 9.47 Å². The van der Waals surface area contributed by atoms with Crippen LogP contribution in [0.15, 0.2) is 12.7 Å². The molecule has 1 atom stereocenters. The SMILES string of the molecule is C=CC(=O)OCCOC(=O)CCC(=O)OC(C)CSCC. The van der Waals surface area contributed by atoms with Crippen molar-refractivity contribution in [1.29, 1.82) is 0 Å². The van der Waals surface area contributed by atoms with Gasteiger partial charge in [-0.15, -0.1) is 0 Å². The average Bonchev–Trinajstić information content (AvgIpc) is 2.47. The third kappa shape index (κ3) is 12.0. The molecule has 0 saturated heterocycles. The van der Waals surface area contributed by atoms with Gasteiger partial charge in [-0.05, 0) is 12.7 Å². The third-order valence-corrected chi connectivity index (χ3v) is 3.29. The van der Waals surface area contributed by atoms with Crippen molar-refractivity contribution in [2.24, 2.45) is 0 Å². The normalized spacial score (nSPS) is 11.3. The summed E-state index contributed by atoms with van der Waals surface area (Å²) in [4.78, 5) is 33.5. The van der Waals surface area contributed by atoms with Gasteiger partial charge in [-0.2, -0.15) is 11.8 Å². The number of ether oxygens (including phenoxy) is 3. The van der Waals surface area contributed by atoms with Crippen molar-refractivity contribution in [2.75, 3.05) is 24.7 Å². The summed E-state index contributed by atoms with van der Waals surface area (Å²) in [7, 11) is 0. The molecule has 120 valence electrons. The molecule has 0 aliphatic rings. The number of carbonyl (C=O) groups is 3. The zero-order valence-corrected chi connectivity index (χ0v) is 13.3. The fourth-order valence-electron chi connectivity index (χ4n) is 1.23. The molecule has 21 heavy (non-hydrogen) atoms. The predicted molar refractivity (Wildman–Crippen MR) is 79.9 cm³/mol. The van der Waals surface area contributed by atoms with Crippen LogP contribution in [-0.2, 0) is 28.6 Å². The van der Waals surface area contributed by atoms with Gasteiger partial charge in [0.2, 0.25) is 0 Å². The Hall–Kier alpha value is -1.50. The molecule has 0 aromatic heterocycles. The van der Waals surface area contributed by atoms with Crippen LogP contribution in [-0.4, -0.2) is 48.7 Å². The van der Waals surface area contributed by atoms with Crippen molar-refractivity contribution in [1.82, 2.24) is 0 Å². The van der Waals surface area contributed by atoms with Gasteiger partial charge in [-0.1, -0.05) is 13.5 Å². The van der Waals surface area contributed by atoms with Crippen molar-refractivity contribution >= 4 is 29.7 Å². The van der Waals surface area contributed by atoms with Crippen molar-refractivity contribution in [3.63, 3.8) is 0 Å². The van der Waals surface area contributed by atoms with Crippen LogP contribution in [0.4, 0.5) is 0 Å². The molecule has 0 saturated carbocycles. The lowest BCUT2D eigenvalue weighted by atomic mass is 10.3. The molecule has 0 N–H and O–H groups in total. The van der Waals surface area contributed by atoms with Crippen molar-refractivity contribution in [3.05, 3.63) is 12.7 Å². The second kappa shape index (κ2) is 12.3. The number of thioether (sulfide) groups is 1. The van der Waals surface area contributed by atoms with Crippen LogP contribution in [0.5, 0.6) is 0 Å². The van der Waals surface area contributed by atoms with Crippen molar-refractivity contribution in [2.45, 2.75) is 32.8 Å². The summed E-state index contributed by atoms with van der Waals surface area (Å²) >= 11 is 1.68. The highest BCUT2D eigenvalue weighted by Crippen LogP contribution is 2.06. The predicted octanol–water partition coefficient (Wildman–Crippen LogP) is 1.72. The largest absolute Gasteiger partial charge is 0.462 e. The maximum Gasteiger partial charge on any atom is 0.330 e. The second-order valence-electron chi connectivity index (χ2n) is 4.05. The van der Waals surface area contributed by atoms with E-state index in [-0.39, 0.29) is 32.2 Å². The Bertz CT molecular complexity index is 355. The van der Waals surface area contributed by atoms with E-state index in [0.717, 1.165) is 17.6 Å². The number of hydrogen-bond donors (Lipinski definition) is 0. The maximum atomic E-state index is 11.5. The highest BCUT2D eigenvalue weighted by atomic mass is 32.2. The number of rotatable bonds is 11. The molecule has 0 radical (unpaired) electrons. The fourth-order valence-corrected chi connectivity index (χ4v) is 1.87. The molecule has 1 unspecified atom stereocenters. The standard InChI is InChI=1S/C14H22O6S/c1-4-12(15)18-8-9-19-13(16)6-7-14(17)20-11(3)10-21-5-2/h4,11H,1,5-10H2,2-3H3. The molecule has 0 aliphatic heterocycles. The van der Waals surface area contributed by atoms with Gasteiger partial charge in [0.1, 0.15) is 19.3 Å². The van der Waals surface area contributed by atoms with E-state index in [1.165, 1.54) is 0 Å². The Kier molecular flexibility index (Phi) is 11.4. The van der Waals surface area contributed by atoms with Crippen LogP contribution < -0.4 is 0 Å². The summed E-state index contributed by atoms with van der Waals surface area (Å²) in [5.41, 5.74) is 0. The zero-order chi connectivity index (χ0) is 16.1. The van der Waals surface area contributed by atoms with E-state index in [1.807, 2.05) is 13.8 Å². The second-order valence-corrected chi connectivity index (χ2v) is 5.37. The van der Waals surface area contributed by atoms with Gasteiger partial charge in [-0.25, -0.2) is 4.79 Å². The first-order chi connectivity index (χ1) is 9.99. The molecule has 7 heteroatoms. The van der Waals surface area contributed by atoms with E-state index >= 15 is 0 Å². The first-order valence-electron chi connectivity index (χ1n) is 6.71. The fraction of sp³-hybridized carbons (Fsp3) is 0.643. The van der Waals surface area contributed by atoms with Crippen LogP contribution >= 0.6 is 11.8 Å². The Morgan fingerprint density at radius 2 is 1.76 bits per heavy atom. The van der Waals surface area contributed by atoms with Gasteiger partial charge in [0, 0.05) is 11.8 Å². The first-order valence-corrected chi connectivity index (χ1v) is 7.87. The van der Waals surface area contributed by atoms with Gasteiger partial charge in [0.25, 0.3) is 0 Å². The molecule has 0 fully saturated rings. The lowest BCUT2D eigenvalue weighted by molar-refractivity contribution is -0.154. The van der Waals surface area contributed by atoms with Crippen LogP contribution in [0.1, 0.15) is 26.7 Å². The molecular formula is C14H22O6S. The lowest BCUT2D eigenvalue weighted by Gasteiger charge is -2.12. The maximum absolute atomic E-state index is 11.5. The van der Waals surface area contributed by atoms with E-state index in [2.05, 4.69) is 11.3 Å². The van der Waals surface area contributed by atoms with Crippen LogP contribution in [0.25, 0.3) is 0 Å². The van der Waals surface area contributed by atoms with Crippen molar-refractivity contribution in [3.8, 4) is 0 Å². The van der Waals surface area contributed by atoms with Gasteiger partial charge in [-0.3, -0.25) is 9.59 Å². The van der Waals surface area contributed by atoms with Gasteiger partial charge < -0.3 is 14.2 Å². The Balaban J connectivity index is 3.65. The highest BCUT2D eigenvalue weighted by Gasteiger charge is 2.12. The molecule has 0 aliphatic carbocycles. The minimum Gasteiger partial charge on any atom is -0.462 e. The van der Waals surface area contributed by atoms with E-state index in [1.54, 1.807) is 11.8 Å². The van der Waals surface area contributed by atoms with E-state index < -0.39 is 17.9 Å². The van der Waals surface area contributed by atoms with Gasteiger partial charge in [0.15, 0.2) is 0 Å². The topological polar surface area (TPSA) is 78.9 Å². The molecule has 6 nitrogen and oxygen atoms in total. The summed E-state index contributed by atoms with van der Waals surface area (Å²) in [6, 6.07) is 0. The summed E-state index contributed by atoms with van der Waals surface area (Å²) in [6.45, 7) is 6.99. The van der Waals surface area contributed by atoms with E-state index in [0.29, 0.717) is 0 Å². The molecule has 0 aromatic carbocycles. The quantitative estimate of drug-likeness (QED) is 0.248. The smallest absolute Gasteiger partial charge is 0.330 e. The molecule has 0 spiro atoms. The number of hydrogen-bond acceptors (Lipinski definition) is 7. The van der Waals surface area contributed by atoms with Crippen LogP contribution in [0.3, 0.4) is 0 Å². The Morgan fingerprint density at radius 3 is 2.38 bits per heavy atom. The Morgan fingerprint density at radius 1 is 1.14 bits per heavy atom.